The maximum atomic E-state index is 5.30. The van der Waals surface area contributed by atoms with Crippen LogP contribution in [0.25, 0.3) is 0 Å². The second kappa shape index (κ2) is 3.19. The zero-order chi connectivity index (χ0) is 9.31. The number of nitrogens with zero attached hydrogens (tertiary/aromatic N) is 3. The van der Waals surface area contributed by atoms with E-state index in [1.54, 1.807) is 0 Å². The molecule has 1 saturated heterocycles. The topological polar surface area (TPSA) is 55.7 Å². The Morgan fingerprint density at radius 3 is 2.77 bits per heavy atom. The van der Waals surface area contributed by atoms with Crippen LogP contribution in [0.1, 0.15) is 19.8 Å². The number of ether oxygens (including phenoxy) is 1. The van der Waals surface area contributed by atoms with Crippen LogP contribution in [0.3, 0.4) is 0 Å². The highest BCUT2D eigenvalue weighted by molar-refractivity contribution is 7.71. The smallest absolute Gasteiger partial charge is 0.238 e. The molecule has 0 atom stereocenters. The van der Waals surface area contributed by atoms with Crippen molar-refractivity contribution in [3.05, 3.63) is 4.77 Å². The van der Waals surface area contributed by atoms with Crippen molar-refractivity contribution in [3.8, 4) is 0 Å². The highest BCUT2D eigenvalue weighted by atomic mass is 32.1. The standard InChI is InChI=1S/C7H12N4OS/c1-7(2-4-12-5-3-7)11-6(13)8-9-10-11/h2-5H2,1H3,(H,8,10,13). The van der Waals surface area contributed by atoms with Gasteiger partial charge < -0.3 is 4.74 Å². The van der Waals surface area contributed by atoms with Gasteiger partial charge in [0.1, 0.15) is 0 Å². The molecule has 0 aromatic carbocycles. The van der Waals surface area contributed by atoms with Crippen LogP contribution < -0.4 is 0 Å². The minimum absolute atomic E-state index is 0.00116. The summed E-state index contributed by atoms with van der Waals surface area (Å²) in [5.74, 6) is 0. The van der Waals surface area contributed by atoms with Gasteiger partial charge in [-0.1, -0.05) is 10.3 Å². The van der Waals surface area contributed by atoms with E-state index in [0.29, 0.717) is 4.77 Å². The van der Waals surface area contributed by atoms with Gasteiger partial charge in [-0.2, -0.15) is 5.21 Å². The van der Waals surface area contributed by atoms with E-state index in [4.69, 9.17) is 17.0 Å². The van der Waals surface area contributed by atoms with Gasteiger partial charge in [-0.05, 0) is 32.0 Å². The van der Waals surface area contributed by atoms with Crippen molar-refractivity contribution in [2.45, 2.75) is 25.3 Å². The highest BCUT2D eigenvalue weighted by Gasteiger charge is 2.30. The third-order valence-electron chi connectivity index (χ3n) is 2.58. The van der Waals surface area contributed by atoms with Gasteiger partial charge >= 0.3 is 0 Å². The Bertz CT molecular complexity index is 338. The summed E-state index contributed by atoms with van der Waals surface area (Å²) >= 11 is 5.06. The molecule has 1 fully saturated rings. The molecule has 6 heteroatoms. The van der Waals surface area contributed by atoms with Gasteiger partial charge in [-0.3, -0.25) is 0 Å². The van der Waals surface area contributed by atoms with Crippen molar-refractivity contribution in [1.82, 2.24) is 20.2 Å². The van der Waals surface area contributed by atoms with Crippen molar-refractivity contribution in [3.63, 3.8) is 0 Å². The van der Waals surface area contributed by atoms with E-state index >= 15 is 0 Å². The predicted octanol–water partition coefficient (Wildman–Crippen LogP) is 0.861. The number of aromatic amines is 1. The third-order valence-corrected chi connectivity index (χ3v) is 2.85. The summed E-state index contributed by atoms with van der Waals surface area (Å²) in [5.41, 5.74) is -0.00116. The summed E-state index contributed by atoms with van der Waals surface area (Å²) in [5, 5.41) is 10.3. The Hall–Kier alpha value is -0.750. The molecule has 1 N–H and O–H groups in total. The van der Waals surface area contributed by atoms with Crippen molar-refractivity contribution in [1.29, 1.82) is 0 Å². The van der Waals surface area contributed by atoms with E-state index in [9.17, 15) is 0 Å². The van der Waals surface area contributed by atoms with Crippen LogP contribution in [-0.4, -0.2) is 33.4 Å². The first-order valence-electron chi connectivity index (χ1n) is 4.31. The quantitative estimate of drug-likeness (QED) is 0.683. The number of tetrazole rings is 1. The summed E-state index contributed by atoms with van der Waals surface area (Å²) in [6, 6.07) is 0. The molecule has 1 aromatic heterocycles. The molecule has 5 nitrogen and oxygen atoms in total. The zero-order valence-corrected chi connectivity index (χ0v) is 8.30. The maximum absolute atomic E-state index is 5.30. The minimum atomic E-state index is -0.00116. The minimum Gasteiger partial charge on any atom is -0.381 e. The lowest BCUT2D eigenvalue weighted by Crippen LogP contribution is -2.37. The number of H-pyrrole nitrogens is 1. The van der Waals surface area contributed by atoms with Crippen molar-refractivity contribution in [2.75, 3.05) is 13.2 Å². The Balaban J connectivity index is 2.33. The molecular weight excluding hydrogens is 188 g/mol. The van der Waals surface area contributed by atoms with Crippen LogP contribution in [0, 0.1) is 4.77 Å². The molecule has 1 aromatic rings. The molecule has 72 valence electrons. The van der Waals surface area contributed by atoms with Gasteiger partial charge in [0.15, 0.2) is 0 Å². The predicted molar refractivity (Wildman–Crippen MR) is 48.9 cm³/mol. The third kappa shape index (κ3) is 1.51. The summed E-state index contributed by atoms with van der Waals surface area (Å²) in [7, 11) is 0. The van der Waals surface area contributed by atoms with Crippen molar-refractivity contribution in [2.24, 2.45) is 0 Å². The Kier molecular flexibility index (Phi) is 2.17. The Morgan fingerprint density at radius 1 is 1.54 bits per heavy atom. The lowest BCUT2D eigenvalue weighted by molar-refractivity contribution is 0.0226. The molecule has 2 rings (SSSR count). The lowest BCUT2D eigenvalue weighted by Gasteiger charge is -2.33. The number of hydrogen-bond acceptors (Lipinski definition) is 4. The monoisotopic (exact) mass is 200 g/mol. The van der Waals surface area contributed by atoms with Crippen LogP contribution in [-0.2, 0) is 10.3 Å². The first-order valence-corrected chi connectivity index (χ1v) is 4.71. The summed E-state index contributed by atoms with van der Waals surface area (Å²) < 4.78 is 7.67. The molecule has 13 heavy (non-hydrogen) atoms. The average Bonchev–Trinajstić information content (AvgIpc) is 2.53. The Labute approximate surface area is 81.1 Å². The number of aromatic nitrogens is 4. The normalized spacial score (nSPS) is 21.6. The average molecular weight is 200 g/mol. The highest BCUT2D eigenvalue weighted by Crippen LogP contribution is 2.27. The van der Waals surface area contributed by atoms with Crippen LogP contribution >= 0.6 is 12.2 Å². The SMILES string of the molecule is CC1(n2[nH]nnc2=S)CCOCC1. The molecule has 0 spiro atoms. The molecule has 2 heterocycles. The van der Waals surface area contributed by atoms with Gasteiger partial charge in [0.2, 0.25) is 4.77 Å². The van der Waals surface area contributed by atoms with E-state index in [1.807, 2.05) is 4.68 Å². The first kappa shape index (κ1) is 8.83. The van der Waals surface area contributed by atoms with Crippen LogP contribution in [0.4, 0.5) is 0 Å². The van der Waals surface area contributed by atoms with Crippen molar-refractivity contribution >= 4 is 12.2 Å². The summed E-state index contributed by atoms with van der Waals surface area (Å²) in [6.45, 7) is 3.69. The lowest BCUT2D eigenvalue weighted by atomic mass is 9.93. The van der Waals surface area contributed by atoms with Crippen LogP contribution in [0.15, 0.2) is 0 Å². The molecule has 1 aliphatic rings. The number of hydrogen-bond donors (Lipinski definition) is 1. The molecule has 0 bridgehead atoms. The maximum Gasteiger partial charge on any atom is 0.238 e. The number of nitrogens with one attached hydrogen (secondary N) is 1. The van der Waals surface area contributed by atoms with Gasteiger partial charge in [-0.15, -0.1) is 0 Å². The Morgan fingerprint density at radius 2 is 2.23 bits per heavy atom. The fourth-order valence-corrected chi connectivity index (χ4v) is 1.89. The van der Waals surface area contributed by atoms with Crippen LogP contribution in [0.5, 0.6) is 0 Å². The molecule has 0 amide bonds. The van der Waals surface area contributed by atoms with Gasteiger partial charge in [0.05, 0.1) is 5.54 Å². The van der Waals surface area contributed by atoms with E-state index in [0.717, 1.165) is 26.1 Å². The molecule has 0 radical (unpaired) electrons. The van der Waals surface area contributed by atoms with Gasteiger partial charge in [0.25, 0.3) is 0 Å². The summed E-state index contributed by atoms with van der Waals surface area (Å²) in [4.78, 5) is 0. The van der Waals surface area contributed by atoms with E-state index in [2.05, 4.69) is 22.4 Å². The zero-order valence-electron chi connectivity index (χ0n) is 7.49. The van der Waals surface area contributed by atoms with Gasteiger partial charge in [-0.25, -0.2) is 4.68 Å². The largest absolute Gasteiger partial charge is 0.381 e. The van der Waals surface area contributed by atoms with Crippen molar-refractivity contribution < 1.29 is 4.74 Å². The second-order valence-corrected chi connectivity index (χ2v) is 3.89. The first-order chi connectivity index (χ1) is 6.22. The summed E-state index contributed by atoms with van der Waals surface area (Å²) in [6.07, 6.45) is 1.90. The van der Waals surface area contributed by atoms with Gasteiger partial charge in [0, 0.05) is 13.2 Å². The second-order valence-electron chi connectivity index (χ2n) is 3.53. The molecule has 1 aliphatic heterocycles. The molecular formula is C7H12N4OS. The number of rotatable bonds is 1. The van der Waals surface area contributed by atoms with E-state index < -0.39 is 0 Å². The molecule has 0 aliphatic carbocycles. The van der Waals surface area contributed by atoms with E-state index in [-0.39, 0.29) is 5.54 Å². The fourth-order valence-electron chi connectivity index (χ4n) is 1.58. The van der Waals surface area contributed by atoms with E-state index in [1.165, 1.54) is 0 Å². The molecule has 0 unspecified atom stereocenters. The molecule has 0 saturated carbocycles. The van der Waals surface area contributed by atoms with Crippen LogP contribution in [0.2, 0.25) is 0 Å². The fraction of sp³-hybridized carbons (Fsp3) is 0.857.